The Morgan fingerprint density at radius 3 is 2.79 bits per heavy atom. The largest absolute Gasteiger partial charge is 0.333 e. The Kier molecular flexibility index (Phi) is 4.57. The van der Waals surface area contributed by atoms with Crippen LogP contribution in [-0.2, 0) is 5.92 Å². The van der Waals surface area contributed by atoms with E-state index in [2.05, 4.69) is 35.7 Å². The van der Waals surface area contributed by atoms with Gasteiger partial charge in [0.15, 0.2) is 0 Å². The first-order valence-corrected chi connectivity index (χ1v) is 10.7. The van der Waals surface area contributed by atoms with Crippen molar-refractivity contribution in [3.8, 4) is 11.3 Å². The number of aromatic nitrogens is 8. The molecular formula is C22H19F2N9. The van der Waals surface area contributed by atoms with Crippen LogP contribution in [0.25, 0.3) is 27.9 Å². The Labute approximate surface area is 186 Å². The van der Waals surface area contributed by atoms with E-state index in [9.17, 15) is 0 Å². The molecule has 1 N–H and O–H groups in total. The van der Waals surface area contributed by atoms with Gasteiger partial charge >= 0.3 is 5.92 Å². The molecule has 5 aromatic rings. The van der Waals surface area contributed by atoms with Crippen molar-refractivity contribution in [3.05, 3.63) is 66.5 Å². The van der Waals surface area contributed by atoms with E-state index >= 15 is 8.78 Å². The molecule has 1 aromatic carbocycles. The summed E-state index contributed by atoms with van der Waals surface area (Å²) in [6.45, 7) is 1.88. The van der Waals surface area contributed by atoms with E-state index in [0.717, 1.165) is 30.4 Å². The van der Waals surface area contributed by atoms with E-state index in [1.807, 2.05) is 10.9 Å². The van der Waals surface area contributed by atoms with E-state index in [1.54, 1.807) is 30.6 Å². The SMILES string of the molecule is FC(F)(c1ccc2ncccc2c1)c1nnc2ncc(-c3cnn(C4CCNCC4)c3)nn12. The second-order valence-electron chi connectivity index (χ2n) is 8.05. The van der Waals surface area contributed by atoms with Crippen molar-refractivity contribution >= 4 is 16.7 Å². The van der Waals surface area contributed by atoms with Crippen LogP contribution in [-0.4, -0.2) is 52.6 Å². The van der Waals surface area contributed by atoms with Gasteiger partial charge < -0.3 is 5.32 Å². The predicted molar refractivity (Wildman–Crippen MR) is 116 cm³/mol. The molecule has 0 spiro atoms. The molecule has 0 radical (unpaired) electrons. The second-order valence-corrected chi connectivity index (χ2v) is 8.05. The van der Waals surface area contributed by atoms with Gasteiger partial charge in [0.05, 0.1) is 24.0 Å². The molecule has 5 heterocycles. The highest BCUT2D eigenvalue weighted by molar-refractivity contribution is 5.79. The maximum absolute atomic E-state index is 15.5. The number of piperidine rings is 1. The summed E-state index contributed by atoms with van der Waals surface area (Å²) < 4.78 is 34.0. The first-order valence-electron chi connectivity index (χ1n) is 10.7. The Morgan fingerprint density at radius 2 is 1.91 bits per heavy atom. The molecule has 1 aliphatic heterocycles. The van der Waals surface area contributed by atoms with Crippen molar-refractivity contribution in [1.82, 2.24) is 44.9 Å². The Hall–Kier alpha value is -3.86. The second kappa shape index (κ2) is 7.62. The standard InChI is InChI=1S/C22H19F2N9/c23-22(24,16-3-4-18-14(10-16)2-1-7-26-18)20-29-30-21-27-12-19(31-33(20)21)15-11-28-32(13-15)17-5-8-25-9-6-17/h1-4,7,10-13,17,25H,5-6,8-9H2. The fraction of sp³-hybridized carbons (Fsp3) is 0.273. The number of halogens is 2. The van der Waals surface area contributed by atoms with Gasteiger partial charge in [-0.15, -0.1) is 10.2 Å². The van der Waals surface area contributed by atoms with Crippen LogP contribution in [0.2, 0.25) is 0 Å². The summed E-state index contributed by atoms with van der Waals surface area (Å²) in [5.74, 6) is -4.03. The molecule has 4 aromatic heterocycles. The predicted octanol–water partition coefficient (Wildman–Crippen LogP) is 3.00. The third-order valence-electron chi connectivity index (χ3n) is 5.96. The van der Waals surface area contributed by atoms with Gasteiger partial charge in [0.2, 0.25) is 5.82 Å². The number of nitrogens with one attached hydrogen (secondary N) is 1. The molecule has 33 heavy (non-hydrogen) atoms. The van der Waals surface area contributed by atoms with Gasteiger partial charge in [-0.3, -0.25) is 9.67 Å². The van der Waals surface area contributed by atoms with Crippen molar-refractivity contribution < 1.29 is 8.78 Å². The average Bonchev–Trinajstić information content (AvgIpc) is 3.52. The number of rotatable bonds is 4. The summed E-state index contributed by atoms with van der Waals surface area (Å²) in [6.07, 6.45) is 8.64. The highest BCUT2D eigenvalue weighted by Gasteiger charge is 2.40. The van der Waals surface area contributed by atoms with Crippen LogP contribution in [0.4, 0.5) is 8.78 Å². The molecular weight excluding hydrogens is 428 g/mol. The minimum absolute atomic E-state index is 0.00151. The maximum atomic E-state index is 15.5. The van der Waals surface area contributed by atoms with Crippen LogP contribution < -0.4 is 5.32 Å². The van der Waals surface area contributed by atoms with Gasteiger partial charge in [-0.1, -0.05) is 12.1 Å². The number of hydrogen-bond donors (Lipinski definition) is 1. The number of alkyl halides is 2. The van der Waals surface area contributed by atoms with Crippen LogP contribution in [0.15, 0.2) is 55.1 Å². The van der Waals surface area contributed by atoms with Crippen molar-refractivity contribution in [1.29, 1.82) is 0 Å². The van der Waals surface area contributed by atoms with Gasteiger partial charge in [0, 0.05) is 28.9 Å². The van der Waals surface area contributed by atoms with Gasteiger partial charge in [-0.05, 0) is 44.1 Å². The zero-order valence-corrected chi connectivity index (χ0v) is 17.4. The maximum Gasteiger partial charge on any atom is 0.333 e. The highest BCUT2D eigenvalue weighted by atomic mass is 19.3. The molecule has 0 atom stereocenters. The summed E-state index contributed by atoms with van der Waals surface area (Å²) in [5.41, 5.74) is 1.53. The lowest BCUT2D eigenvalue weighted by Crippen LogP contribution is -2.29. The fourth-order valence-electron chi connectivity index (χ4n) is 4.17. The first kappa shape index (κ1) is 19.8. The molecule has 1 fully saturated rings. The molecule has 1 aliphatic rings. The quantitative estimate of drug-likeness (QED) is 0.452. The molecule has 9 nitrogen and oxygen atoms in total. The topological polar surface area (TPSA) is 98.7 Å². The molecule has 1 saturated heterocycles. The molecule has 11 heteroatoms. The van der Waals surface area contributed by atoms with E-state index < -0.39 is 11.7 Å². The molecule has 0 aliphatic carbocycles. The molecule has 0 bridgehead atoms. The summed E-state index contributed by atoms with van der Waals surface area (Å²) in [6, 6.07) is 8.06. The van der Waals surface area contributed by atoms with Gasteiger partial charge in [-0.2, -0.15) is 23.5 Å². The normalized spacial score (nSPS) is 15.5. The lowest BCUT2D eigenvalue weighted by molar-refractivity contribution is 0.0307. The van der Waals surface area contributed by atoms with E-state index in [0.29, 0.717) is 28.2 Å². The molecule has 0 saturated carbocycles. The first-order chi connectivity index (χ1) is 16.1. The number of benzene rings is 1. The van der Waals surface area contributed by atoms with Gasteiger partial charge in [0.1, 0.15) is 5.69 Å². The monoisotopic (exact) mass is 447 g/mol. The van der Waals surface area contributed by atoms with Crippen LogP contribution in [0.1, 0.15) is 30.3 Å². The third-order valence-corrected chi connectivity index (χ3v) is 5.96. The highest BCUT2D eigenvalue weighted by Crippen LogP contribution is 2.35. The van der Waals surface area contributed by atoms with Crippen molar-refractivity contribution in [2.45, 2.75) is 24.8 Å². The number of pyridine rings is 1. The zero-order chi connectivity index (χ0) is 22.4. The zero-order valence-electron chi connectivity index (χ0n) is 17.4. The minimum atomic E-state index is -3.43. The lowest BCUT2D eigenvalue weighted by Gasteiger charge is -2.22. The van der Waals surface area contributed by atoms with Crippen molar-refractivity contribution in [2.24, 2.45) is 0 Å². The molecule has 0 amide bonds. The van der Waals surface area contributed by atoms with E-state index in [-0.39, 0.29) is 11.3 Å². The molecule has 6 rings (SSSR count). The van der Waals surface area contributed by atoms with Crippen molar-refractivity contribution in [2.75, 3.05) is 13.1 Å². The van der Waals surface area contributed by atoms with Crippen LogP contribution in [0.5, 0.6) is 0 Å². The Balaban J connectivity index is 1.39. The minimum Gasteiger partial charge on any atom is -0.317 e. The van der Waals surface area contributed by atoms with Gasteiger partial charge in [0.25, 0.3) is 5.78 Å². The summed E-state index contributed by atoms with van der Waals surface area (Å²) in [4.78, 5) is 8.38. The van der Waals surface area contributed by atoms with Gasteiger partial charge in [-0.25, -0.2) is 4.98 Å². The third kappa shape index (κ3) is 3.41. The Morgan fingerprint density at radius 1 is 1.03 bits per heavy atom. The van der Waals surface area contributed by atoms with Crippen LogP contribution >= 0.6 is 0 Å². The number of hydrogen-bond acceptors (Lipinski definition) is 7. The molecule has 0 unspecified atom stereocenters. The Bertz CT molecular complexity index is 1450. The van der Waals surface area contributed by atoms with Crippen LogP contribution in [0.3, 0.4) is 0 Å². The van der Waals surface area contributed by atoms with E-state index in [1.165, 1.54) is 18.3 Å². The lowest BCUT2D eigenvalue weighted by atomic mass is 10.0. The number of fused-ring (bicyclic) bond motifs is 2. The summed E-state index contributed by atoms with van der Waals surface area (Å²) in [7, 11) is 0. The average molecular weight is 447 g/mol. The van der Waals surface area contributed by atoms with Crippen LogP contribution in [0, 0.1) is 0 Å². The fourth-order valence-corrected chi connectivity index (χ4v) is 4.17. The summed E-state index contributed by atoms with van der Waals surface area (Å²) >= 11 is 0. The van der Waals surface area contributed by atoms with Crippen molar-refractivity contribution in [3.63, 3.8) is 0 Å². The summed E-state index contributed by atoms with van der Waals surface area (Å²) in [5, 5.41) is 20.3. The van der Waals surface area contributed by atoms with E-state index in [4.69, 9.17) is 0 Å². The molecule has 166 valence electrons. The number of nitrogens with zero attached hydrogens (tertiary/aromatic N) is 8. The smallest absolute Gasteiger partial charge is 0.317 e.